The first kappa shape index (κ1) is 24.9. The fourth-order valence-corrected chi connectivity index (χ4v) is 4.45. The zero-order valence-corrected chi connectivity index (χ0v) is 21.0. The Balaban J connectivity index is 1.98. The van der Waals surface area contributed by atoms with Gasteiger partial charge in [-0.25, -0.2) is 0 Å². The number of aliphatic hydroxyl groups excluding tert-OH is 1. The van der Waals surface area contributed by atoms with Crippen molar-refractivity contribution in [2.24, 2.45) is 0 Å². The van der Waals surface area contributed by atoms with Gasteiger partial charge in [0.25, 0.3) is 11.7 Å². The van der Waals surface area contributed by atoms with Gasteiger partial charge in [0.05, 0.1) is 35.4 Å². The van der Waals surface area contributed by atoms with Gasteiger partial charge in [-0.2, -0.15) is 0 Å². The molecule has 0 radical (unpaired) electrons. The largest absolute Gasteiger partial charge is 0.507 e. The van der Waals surface area contributed by atoms with Crippen LogP contribution in [0, 0.1) is 0 Å². The van der Waals surface area contributed by atoms with Crippen LogP contribution in [0.2, 0.25) is 15.1 Å². The molecule has 0 aliphatic carbocycles. The number of nitrogens with zero attached hydrogens (tertiary/aromatic N) is 1. The molecule has 1 amide bonds. The van der Waals surface area contributed by atoms with Crippen LogP contribution in [-0.2, 0) is 9.59 Å². The molecule has 1 heterocycles. The van der Waals surface area contributed by atoms with Crippen LogP contribution < -0.4 is 14.4 Å². The molecule has 6 nitrogen and oxygen atoms in total. The summed E-state index contributed by atoms with van der Waals surface area (Å²) in [4.78, 5) is 27.9. The van der Waals surface area contributed by atoms with Gasteiger partial charge >= 0.3 is 0 Å². The molecule has 0 saturated carbocycles. The van der Waals surface area contributed by atoms with Crippen LogP contribution in [0.25, 0.3) is 5.76 Å². The average Bonchev–Trinajstić information content (AvgIpc) is 3.11. The summed E-state index contributed by atoms with van der Waals surface area (Å²) in [5, 5.41) is 12.1. The number of hydrogen-bond donors (Lipinski definition) is 1. The molecule has 0 spiro atoms. The number of amides is 1. The molecule has 1 atom stereocenters. The smallest absolute Gasteiger partial charge is 0.300 e. The van der Waals surface area contributed by atoms with E-state index in [2.05, 4.69) is 0 Å². The van der Waals surface area contributed by atoms with Gasteiger partial charge in [0.2, 0.25) is 0 Å². The van der Waals surface area contributed by atoms with Crippen LogP contribution >= 0.6 is 34.8 Å². The average molecular weight is 533 g/mol. The summed E-state index contributed by atoms with van der Waals surface area (Å²) in [6.45, 7) is 2.20. The van der Waals surface area contributed by atoms with E-state index in [-0.39, 0.29) is 26.9 Å². The minimum atomic E-state index is -0.979. The highest BCUT2D eigenvalue weighted by Gasteiger charge is 2.47. The number of aliphatic hydroxyl groups is 1. The lowest BCUT2D eigenvalue weighted by molar-refractivity contribution is -0.132. The van der Waals surface area contributed by atoms with Gasteiger partial charge in [-0.1, -0.05) is 46.9 Å². The zero-order chi connectivity index (χ0) is 25.3. The van der Waals surface area contributed by atoms with E-state index in [1.165, 1.54) is 30.2 Å². The van der Waals surface area contributed by atoms with Crippen molar-refractivity contribution in [2.45, 2.75) is 13.0 Å². The molecule has 35 heavy (non-hydrogen) atoms. The fraction of sp³-hybridized carbons (Fsp3) is 0.154. The SMILES string of the molecule is CCOc1cc(C2/C(=C(/O)c3ccc(Cl)c(Cl)c3)C(=O)C(=O)N2c2cccc(Cl)c2)ccc1OC. The Bertz CT molecular complexity index is 1350. The maximum absolute atomic E-state index is 13.3. The number of Topliss-reactive ketones (excluding diaryl/α,β-unsaturated/α-hetero) is 1. The highest BCUT2D eigenvalue weighted by Crippen LogP contribution is 2.44. The number of anilines is 1. The normalized spacial score (nSPS) is 17.1. The maximum Gasteiger partial charge on any atom is 0.300 e. The van der Waals surface area contributed by atoms with E-state index in [0.29, 0.717) is 34.4 Å². The minimum Gasteiger partial charge on any atom is -0.507 e. The lowest BCUT2D eigenvalue weighted by atomic mass is 9.94. The first-order valence-corrected chi connectivity index (χ1v) is 11.7. The predicted octanol–water partition coefficient (Wildman–Crippen LogP) is 6.68. The Hall–Kier alpha value is -3.19. The summed E-state index contributed by atoms with van der Waals surface area (Å²) >= 11 is 18.3. The van der Waals surface area contributed by atoms with Gasteiger partial charge < -0.3 is 14.6 Å². The van der Waals surface area contributed by atoms with Crippen molar-refractivity contribution in [3.8, 4) is 11.5 Å². The second-order valence-electron chi connectivity index (χ2n) is 7.62. The Morgan fingerprint density at radius 1 is 0.971 bits per heavy atom. The summed E-state index contributed by atoms with van der Waals surface area (Å²) in [6.07, 6.45) is 0. The molecular formula is C26H20Cl3NO5. The maximum atomic E-state index is 13.3. The molecule has 0 aromatic heterocycles. The topological polar surface area (TPSA) is 76.1 Å². The van der Waals surface area contributed by atoms with E-state index in [9.17, 15) is 14.7 Å². The number of rotatable bonds is 6. The van der Waals surface area contributed by atoms with Crippen molar-refractivity contribution < 1.29 is 24.2 Å². The number of hydrogen-bond acceptors (Lipinski definition) is 5. The van der Waals surface area contributed by atoms with Crippen LogP contribution in [0.5, 0.6) is 11.5 Å². The van der Waals surface area contributed by atoms with Gasteiger partial charge in [0.15, 0.2) is 11.5 Å². The van der Waals surface area contributed by atoms with E-state index in [1.54, 1.807) is 42.5 Å². The second kappa shape index (κ2) is 10.2. The van der Waals surface area contributed by atoms with Crippen molar-refractivity contribution in [1.29, 1.82) is 0 Å². The van der Waals surface area contributed by atoms with E-state index in [0.717, 1.165) is 0 Å². The zero-order valence-electron chi connectivity index (χ0n) is 18.7. The third-order valence-electron chi connectivity index (χ3n) is 5.53. The number of benzene rings is 3. The van der Waals surface area contributed by atoms with Gasteiger partial charge in [0, 0.05) is 16.3 Å². The van der Waals surface area contributed by atoms with Gasteiger partial charge in [-0.15, -0.1) is 0 Å². The van der Waals surface area contributed by atoms with E-state index >= 15 is 0 Å². The van der Waals surface area contributed by atoms with Crippen molar-refractivity contribution in [3.63, 3.8) is 0 Å². The second-order valence-corrected chi connectivity index (χ2v) is 8.87. The van der Waals surface area contributed by atoms with Crippen LogP contribution in [0.3, 0.4) is 0 Å². The lowest BCUT2D eigenvalue weighted by Gasteiger charge is -2.26. The number of carbonyl (C=O) groups is 2. The van der Waals surface area contributed by atoms with Crippen LogP contribution in [-0.4, -0.2) is 30.5 Å². The first-order valence-electron chi connectivity index (χ1n) is 10.6. The number of methoxy groups -OCH3 is 1. The number of ether oxygens (including phenoxy) is 2. The molecule has 1 aliphatic rings. The molecule has 180 valence electrons. The van der Waals surface area contributed by atoms with E-state index < -0.39 is 17.7 Å². The highest BCUT2D eigenvalue weighted by atomic mass is 35.5. The first-order chi connectivity index (χ1) is 16.8. The Morgan fingerprint density at radius 3 is 2.40 bits per heavy atom. The van der Waals surface area contributed by atoms with Gasteiger partial charge in [-0.3, -0.25) is 14.5 Å². The summed E-state index contributed by atoms with van der Waals surface area (Å²) in [5.41, 5.74) is 1.05. The summed E-state index contributed by atoms with van der Waals surface area (Å²) in [7, 11) is 1.51. The van der Waals surface area contributed by atoms with Crippen molar-refractivity contribution >= 4 is 57.9 Å². The van der Waals surface area contributed by atoms with Gasteiger partial charge in [0.1, 0.15) is 5.76 Å². The minimum absolute atomic E-state index is 0.110. The molecule has 1 fully saturated rings. The quantitative estimate of drug-likeness (QED) is 0.218. The molecule has 1 aliphatic heterocycles. The lowest BCUT2D eigenvalue weighted by Crippen LogP contribution is -2.29. The Morgan fingerprint density at radius 2 is 1.74 bits per heavy atom. The van der Waals surface area contributed by atoms with Crippen molar-refractivity contribution in [3.05, 3.63) is 92.4 Å². The van der Waals surface area contributed by atoms with Crippen LogP contribution in [0.15, 0.2) is 66.2 Å². The third-order valence-corrected chi connectivity index (χ3v) is 6.50. The monoisotopic (exact) mass is 531 g/mol. The molecular weight excluding hydrogens is 513 g/mol. The van der Waals surface area contributed by atoms with Crippen LogP contribution in [0.1, 0.15) is 24.1 Å². The molecule has 3 aromatic carbocycles. The molecule has 1 saturated heterocycles. The number of halogens is 3. The van der Waals surface area contributed by atoms with E-state index in [1.807, 2.05) is 6.92 Å². The number of ketones is 1. The number of carbonyl (C=O) groups excluding carboxylic acids is 2. The summed E-state index contributed by atoms with van der Waals surface area (Å²) in [5.74, 6) is -1.14. The predicted molar refractivity (Wildman–Crippen MR) is 137 cm³/mol. The highest BCUT2D eigenvalue weighted by molar-refractivity contribution is 6.52. The molecule has 3 aromatic rings. The summed E-state index contributed by atoms with van der Waals surface area (Å²) in [6, 6.07) is 15.1. The van der Waals surface area contributed by atoms with Gasteiger partial charge in [-0.05, 0) is 61.0 Å². The summed E-state index contributed by atoms with van der Waals surface area (Å²) < 4.78 is 11.1. The molecule has 9 heteroatoms. The fourth-order valence-electron chi connectivity index (χ4n) is 3.97. The molecule has 1 N–H and O–H groups in total. The molecule has 1 unspecified atom stereocenters. The Kier molecular flexibility index (Phi) is 7.26. The van der Waals surface area contributed by atoms with E-state index in [4.69, 9.17) is 44.3 Å². The van der Waals surface area contributed by atoms with Crippen molar-refractivity contribution in [2.75, 3.05) is 18.6 Å². The third kappa shape index (κ3) is 4.69. The standard InChI is InChI=1S/C26H20Cl3NO5/c1-3-35-21-12-14(8-10-20(21)34-2)23-22(24(31)15-7-9-18(28)19(29)11-15)25(32)26(33)30(23)17-6-4-5-16(27)13-17/h4-13,23,31H,3H2,1-2H3/b24-22-. The Labute approximate surface area is 217 Å². The van der Waals surface area contributed by atoms with Crippen LogP contribution in [0.4, 0.5) is 5.69 Å². The molecule has 0 bridgehead atoms. The van der Waals surface area contributed by atoms with Crippen molar-refractivity contribution in [1.82, 2.24) is 0 Å². The molecule has 4 rings (SSSR count).